The predicted molar refractivity (Wildman–Crippen MR) is 23.7 cm³/mol. The fourth-order valence-electron chi connectivity index (χ4n) is 0.555. The van der Waals surface area contributed by atoms with Crippen molar-refractivity contribution in [3.05, 3.63) is 11.5 Å². The van der Waals surface area contributed by atoms with E-state index in [9.17, 15) is 9.90 Å². The van der Waals surface area contributed by atoms with Crippen LogP contribution >= 0.6 is 0 Å². The quantitative estimate of drug-likeness (QED) is 0.274. The Kier molecular flexibility index (Phi) is 3.93. The molecule has 0 unspecified atom stereocenters. The number of hydrogen-bond donors (Lipinski definition) is 0. The fourth-order valence-corrected chi connectivity index (χ4v) is 0.555. The van der Waals surface area contributed by atoms with Gasteiger partial charge in [-0.15, -0.1) is 0 Å². The Morgan fingerprint density at radius 1 is 1.67 bits per heavy atom. The first kappa shape index (κ1) is 9.01. The minimum atomic E-state index is -0.458. The van der Waals surface area contributed by atoms with Crippen LogP contribution < -0.4 is 34.7 Å². The van der Waals surface area contributed by atoms with Crippen molar-refractivity contribution in [2.45, 2.75) is 6.42 Å². The summed E-state index contributed by atoms with van der Waals surface area (Å²) in [6.07, 6.45) is 1.03. The molecule has 9 heavy (non-hydrogen) atoms. The predicted octanol–water partition coefficient (Wildman–Crippen LogP) is -3.82. The molecule has 0 aromatic heterocycles. The van der Waals surface area contributed by atoms with E-state index in [2.05, 4.69) is 4.74 Å². The van der Waals surface area contributed by atoms with Crippen molar-refractivity contribution in [2.24, 2.45) is 0 Å². The van der Waals surface area contributed by atoms with Gasteiger partial charge in [0.15, 0.2) is 0 Å². The van der Waals surface area contributed by atoms with Crippen LogP contribution in [0.15, 0.2) is 11.5 Å². The normalized spacial score (nSPS) is 16.4. The zero-order chi connectivity index (χ0) is 5.98. The Balaban J connectivity index is 0.000000640. The maximum Gasteiger partial charge on any atom is 1.00 e. The van der Waals surface area contributed by atoms with Crippen molar-refractivity contribution in [1.29, 1.82) is 0 Å². The van der Waals surface area contributed by atoms with Crippen LogP contribution in [0.5, 0.6) is 0 Å². The maximum absolute atomic E-state index is 10.3. The average Bonchev–Trinajstić information content (AvgIpc) is 2.14. The van der Waals surface area contributed by atoms with Crippen molar-refractivity contribution < 1.29 is 44.2 Å². The summed E-state index contributed by atoms with van der Waals surface area (Å²) in [7, 11) is 0. The van der Waals surface area contributed by atoms with Crippen molar-refractivity contribution in [2.75, 3.05) is 6.61 Å². The van der Waals surface area contributed by atoms with E-state index in [0.29, 0.717) is 19.3 Å². The molecule has 0 radical (unpaired) electrons. The second kappa shape index (κ2) is 3.93. The van der Waals surface area contributed by atoms with Gasteiger partial charge in [0, 0.05) is 5.57 Å². The maximum atomic E-state index is 10.3. The molecule has 0 bridgehead atoms. The van der Waals surface area contributed by atoms with E-state index in [-0.39, 0.29) is 35.1 Å². The van der Waals surface area contributed by atoms with Gasteiger partial charge in [-0.2, -0.15) is 0 Å². The zero-order valence-electron chi connectivity index (χ0n) is 5.22. The number of aldehydes is 1. The van der Waals surface area contributed by atoms with Gasteiger partial charge in [-0.3, -0.25) is 4.79 Å². The van der Waals surface area contributed by atoms with Crippen molar-refractivity contribution in [3.8, 4) is 0 Å². The summed E-state index contributed by atoms with van der Waals surface area (Å²) in [4.78, 5) is 9.88. The van der Waals surface area contributed by atoms with Crippen LogP contribution in [-0.2, 0) is 9.53 Å². The molecule has 0 N–H and O–H groups in total. The van der Waals surface area contributed by atoms with Gasteiger partial charge < -0.3 is 9.84 Å². The number of rotatable bonds is 1. The molecule has 1 aliphatic rings. The standard InChI is InChI=1S/C5H6O3.Na/c6-3-4-1-2-8-5(4)7;/h3,7H,1-2H2;/q;+1/p-1. The summed E-state index contributed by atoms with van der Waals surface area (Å²) in [5.74, 6) is -0.458. The summed E-state index contributed by atoms with van der Waals surface area (Å²) in [6.45, 7) is 0.368. The van der Waals surface area contributed by atoms with Gasteiger partial charge in [0.05, 0.1) is 5.95 Å². The van der Waals surface area contributed by atoms with E-state index in [1.54, 1.807) is 0 Å². The molecule has 0 aromatic carbocycles. The van der Waals surface area contributed by atoms with Gasteiger partial charge >= 0.3 is 29.6 Å². The first-order valence-corrected chi connectivity index (χ1v) is 2.32. The van der Waals surface area contributed by atoms with Gasteiger partial charge in [0.25, 0.3) is 0 Å². The van der Waals surface area contributed by atoms with Crippen molar-refractivity contribution in [1.82, 2.24) is 0 Å². The minimum absolute atomic E-state index is 0. The average molecular weight is 136 g/mol. The molecule has 0 saturated heterocycles. The molecule has 44 valence electrons. The summed E-state index contributed by atoms with van der Waals surface area (Å²) >= 11 is 0. The molecule has 1 aliphatic heterocycles. The van der Waals surface area contributed by atoms with Crippen LogP contribution in [-0.4, -0.2) is 12.9 Å². The monoisotopic (exact) mass is 136 g/mol. The van der Waals surface area contributed by atoms with Gasteiger partial charge in [0.2, 0.25) is 0 Å². The van der Waals surface area contributed by atoms with E-state index in [1.807, 2.05) is 0 Å². The van der Waals surface area contributed by atoms with Gasteiger partial charge in [-0.25, -0.2) is 0 Å². The summed E-state index contributed by atoms with van der Waals surface area (Å²) in [5.41, 5.74) is 0.255. The largest absolute Gasteiger partial charge is 1.00 e. The Hall–Kier alpha value is 0.0100. The molecule has 0 atom stereocenters. The molecule has 1 rings (SSSR count). The number of ether oxygens (including phenoxy) is 1. The number of carbonyl (C=O) groups is 1. The first-order chi connectivity index (χ1) is 3.84. The van der Waals surface area contributed by atoms with Crippen molar-refractivity contribution in [3.63, 3.8) is 0 Å². The third-order valence-electron chi connectivity index (χ3n) is 1.01. The molecule has 3 nitrogen and oxygen atoms in total. The topological polar surface area (TPSA) is 49.4 Å². The zero-order valence-corrected chi connectivity index (χ0v) is 7.22. The third-order valence-corrected chi connectivity index (χ3v) is 1.01. The Bertz CT molecular complexity index is 141. The van der Waals surface area contributed by atoms with Crippen LogP contribution in [0.3, 0.4) is 0 Å². The summed E-state index contributed by atoms with van der Waals surface area (Å²) in [6, 6.07) is 0. The molecule has 0 saturated carbocycles. The first-order valence-electron chi connectivity index (χ1n) is 2.32. The SMILES string of the molecule is O=CC1=C([O-])OCC1.[Na+]. The third kappa shape index (κ3) is 2.01. The summed E-state index contributed by atoms with van der Waals surface area (Å²) < 4.78 is 4.45. The molecular formula is C5H5NaO3. The summed E-state index contributed by atoms with van der Waals surface area (Å²) in [5, 5.41) is 10.3. The molecule has 0 aromatic rings. The van der Waals surface area contributed by atoms with Gasteiger partial charge in [-0.1, -0.05) is 0 Å². The number of hydrogen-bond acceptors (Lipinski definition) is 3. The van der Waals surface area contributed by atoms with E-state index in [0.717, 1.165) is 0 Å². The molecular weight excluding hydrogens is 131 g/mol. The van der Waals surface area contributed by atoms with Crippen LogP contribution in [0.25, 0.3) is 0 Å². The van der Waals surface area contributed by atoms with E-state index in [1.165, 1.54) is 0 Å². The van der Waals surface area contributed by atoms with E-state index < -0.39 is 5.95 Å². The second-order valence-electron chi connectivity index (χ2n) is 1.53. The minimum Gasteiger partial charge on any atom is -0.613 e. The molecule has 0 fully saturated rings. The van der Waals surface area contributed by atoms with Crippen LogP contribution in [0.4, 0.5) is 0 Å². The van der Waals surface area contributed by atoms with Crippen LogP contribution in [0, 0.1) is 0 Å². The van der Waals surface area contributed by atoms with E-state index >= 15 is 0 Å². The van der Waals surface area contributed by atoms with Crippen molar-refractivity contribution >= 4 is 6.29 Å². The Labute approximate surface area is 75.0 Å². The Morgan fingerprint density at radius 3 is 2.56 bits per heavy atom. The molecule has 4 heteroatoms. The van der Waals surface area contributed by atoms with Crippen LogP contribution in [0.1, 0.15) is 6.42 Å². The van der Waals surface area contributed by atoms with Gasteiger partial charge in [0.1, 0.15) is 6.29 Å². The molecule has 0 aliphatic carbocycles. The fraction of sp³-hybridized carbons (Fsp3) is 0.400. The smallest absolute Gasteiger partial charge is 0.613 e. The van der Waals surface area contributed by atoms with Gasteiger partial charge in [-0.05, 0) is 13.0 Å². The molecule has 1 heterocycles. The second-order valence-corrected chi connectivity index (χ2v) is 1.53. The Morgan fingerprint density at radius 2 is 2.33 bits per heavy atom. The molecule has 0 spiro atoms. The number of carbonyl (C=O) groups excluding carboxylic acids is 1. The van der Waals surface area contributed by atoms with Crippen LogP contribution in [0.2, 0.25) is 0 Å². The van der Waals surface area contributed by atoms with E-state index in [4.69, 9.17) is 0 Å². The molecule has 0 amide bonds.